The van der Waals surface area contributed by atoms with Crippen molar-refractivity contribution in [2.24, 2.45) is 5.92 Å². The second-order valence-corrected chi connectivity index (χ2v) is 6.46. The van der Waals surface area contributed by atoms with Crippen molar-refractivity contribution < 1.29 is 0 Å². The molecule has 6 heteroatoms. The summed E-state index contributed by atoms with van der Waals surface area (Å²) in [6, 6.07) is 0. The molecule has 110 valence electrons. The van der Waals surface area contributed by atoms with Crippen LogP contribution in [0.5, 0.6) is 0 Å². The van der Waals surface area contributed by atoms with Gasteiger partial charge in [-0.3, -0.25) is 0 Å². The van der Waals surface area contributed by atoms with E-state index in [1.54, 1.807) is 11.3 Å². The molecule has 0 aliphatic rings. The first kappa shape index (κ1) is 15.1. The van der Waals surface area contributed by atoms with Gasteiger partial charge >= 0.3 is 0 Å². The SMILES string of the molecule is CCc1c(C)nn(-c2nnc(CNCC(C)C)s2)c1C. The molecule has 20 heavy (non-hydrogen) atoms. The predicted molar refractivity (Wildman–Crippen MR) is 82.4 cm³/mol. The third-order valence-corrected chi connectivity index (χ3v) is 4.16. The molecule has 0 spiro atoms. The molecule has 1 N–H and O–H groups in total. The highest BCUT2D eigenvalue weighted by Gasteiger charge is 2.14. The number of nitrogens with one attached hydrogen (secondary N) is 1. The first-order valence-electron chi connectivity index (χ1n) is 7.11. The van der Waals surface area contributed by atoms with Crippen molar-refractivity contribution in [1.29, 1.82) is 0 Å². The molecule has 2 aromatic heterocycles. The van der Waals surface area contributed by atoms with Crippen LogP contribution in [0.3, 0.4) is 0 Å². The fourth-order valence-electron chi connectivity index (χ4n) is 2.24. The summed E-state index contributed by atoms with van der Waals surface area (Å²) in [5, 5.41) is 18.3. The molecule has 0 unspecified atom stereocenters. The molecule has 0 aliphatic carbocycles. The molecular weight excluding hydrogens is 270 g/mol. The summed E-state index contributed by atoms with van der Waals surface area (Å²) in [6.45, 7) is 12.5. The van der Waals surface area contributed by atoms with Crippen LogP contribution in [0.1, 0.15) is 42.7 Å². The zero-order valence-electron chi connectivity index (χ0n) is 12.9. The fourth-order valence-corrected chi connectivity index (χ4v) is 3.05. The third-order valence-electron chi connectivity index (χ3n) is 3.26. The van der Waals surface area contributed by atoms with E-state index in [4.69, 9.17) is 0 Å². The summed E-state index contributed by atoms with van der Waals surface area (Å²) in [5.41, 5.74) is 3.56. The van der Waals surface area contributed by atoms with Crippen LogP contribution in [-0.4, -0.2) is 26.5 Å². The molecule has 0 bridgehead atoms. The van der Waals surface area contributed by atoms with Crippen LogP contribution < -0.4 is 5.32 Å². The molecular formula is C14H23N5S. The normalized spacial score (nSPS) is 11.5. The summed E-state index contributed by atoms with van der Waals surface area (Å²) in [4.78, 5) is 0. The van der Waals surface area contributed by atoms with Crippen molar-refractivity contribution in [1.82, 2.24) is 25.3 Å². The summed E-state index contributed by atoms with van der Waals surface area (Å²) in [6.07, 6.45) is 0.999. The van der Waals surface area contributed by atoms with Gasteiger partial charge in [-0.15, -0.1) is 10.2 Å². The zero-order valence-corrected chi connectivity index (χ0v) is 13.7. The number of hydrogen-bond donors (Lipinski definition) is 1. The van der Waals surface area contributed by atoms with Crippen LogP contribution >= 0.6 is 11.3 Å². The van der Waals surface area contributed by atoms with E-state index in [9.17, 15) is 0 Å². The number of nitrogens with zero attached hydrogens (tertiary/aromatic N) is 4. The van der Waals surface area contributed by atoms with Crippen LogP contribution in [0.2, 0.25) is 0 Å². The first-order valence-corrected chi connectivity index (χ1v) is 7.93. The van der Waals surface area contributed by atoms with Crippen molar-refractivity contribution in [3.8, 4) is 5.13 Å². The van der Waals surface area contributed by atoms with E-state index in [0.717, 1.165) is 35.3 Å². The van der Waals surface area contributed by atoms with Crippen LogP contribution in [0, 0.1) is 19.8 Å². The van der Waals surface area contributed by atoms with Crippen LogP contribution in [0.15, 0.2) is 0 Å². The van der Waals surface area contributed by atoms with Gasteiger partial charge in [0.05, 0.1) is 5.69 Å². The lowest BCUT2D eigenvalue weighted by Gasteiger charge is -2.04. The number of rotatable bonds is 6. The van der Waals surface area contributed by atoms with Crippen LogP contribution in [0.4, 0.5) is 0 Å². The Morgan fingerprint density at radius 1 is 1.25 bits per heavy atom. The molecule has 2 aromatic rings. The zero-order chi connectivity index (χ0) is 14.7. The van der Waals surface area contributed by atoms with E-state index in [2.05, 4.69) is 55.2 Å². The average molecular weight is 293 g/mol. The van der Waals surface area contributed by atoms with Crippen molar-refractivity contribution >= 4 is 11.3 Å². The maximum atomic E-state index is 4.58. The van der Waals surface area contributed by atoms with Crippen LogP contribution in [-0.2, 0) is 13.0 Å². The molecule has 0 atom stereocenters. The lowest BCUT2D eigenvalue weighted by Crippen LogP contribution is -2.18. The van der Waals surface area contributed by atoms with Gasteiger partial charge in [-0.1, -0.05) is 32.1 Å². The van der Waals surface area contributed by atoms with Gasteiger partial charge in [0, 0.05) is 12.2 Å². The molecule has 0 saturated carbocycles. The Morgan fingerprint density at radius 3 is 2.60 bits per heavy atom. The standard InChI is InChI=1S/C14H23N5S/c1-6-12-10(4)18-19(11(12)5)14-17-16-13(20-14)8-15-7-9(2)3/h9,15H,6-8H2,1-5H3. The predicted octanol–water partition coefficient (Wildman–Crippen LogP) is 2.65. The highest BCUT2D eigenvalue weighted by molar-refractivity contribution is 7.13. The van der Waals surface area contributed by atoms with Crippen molar-refractivity contribution in [3.63, 3.8) is 0 Å². The monoisotopic (exact) mass is 293 g/mol. The largest absolute Gasteiger partial charge is 0.310 e. The van der Waals surface area contributed by atoms with Gasteiger partial charge in [0.1, 0.15) is 5.01 Å². The molecule has 2 rings (SSSR count). The second kappa shape index (κ2) is 6.45. The van der Waals surface area contributed by atoms with Gasteiger partial charge in [0.15, 0.2) is 0 Å². The Kier molecular flexibility index (Phi) is 4.88. The Bertz CT molecular complexity index is 570. The minimum atomic E-state index is 0.644. The minimum absolute atomic E-state index is 0.644. The Morgan fingerprint density at radius 2 is 2.00 bits per heavy atom. The molecule has 0 fully saturated rings. The second-order valence-electron chi connectivity index (χ2n) is 5.42. The van der Waals surface area contributed by atoms with E-state index < -0.39 is 0 Å². The number of aromatic nitrogens is 4. The maximum absolute atomic E-state index is 4.58. The maximum Gasteiger partial charge on any atom is 0.233 e. The number of hydrogen-bond acceptors (Lipinski definition) is 5. The lowest BCUT2D eigenvalue weighted by atomic mass is 10.1. The van der Waals surface area contributed by atoms with E-state index in [-0.39, 0.29) is 0 Å². The highest BCUT2D eigenvalue weighted by Crippen LogP contribution is 2.20. The summed E-state index contributed by atoms with van der Waals surface area (Å²) in [7, 11) is 0. The molecule has 0 saturated heterocycles. The van der Waals surface area contributed by atoms with Crippen molar-refractivity contribution in [3.05, 3.63) is 22.0 Å². The summed E-state index contributed by atoms with van der Waals surface area (Å²) in [5.74, 6) is 0.644. The summed E-state index contributed by atoms with van der Waals surface area (Å²) >= 11 is 1.60. The van der Waals surface area contributed by atoms with E-state index >= 15 is 0 Å². The Labute approximate surface area is 124 Å². The molecule has 0 amide bonds. The third kappa shape index (κ3) is 3.24. The summed E-state index contributed by atoms with van der Waals surface area (Å²) < 4.78 is 1.91. The van der Waals surface area contributed by atoms with Crippen molar-refractivity contribution in [2.45, 2.75) is 47.6 Å². The van der Waals surface area contributed by atoms with Gasteiger partial charge in [-0.25, -0.2) is 4.68 Å². The molecule has 0 aliphatic heterocycles. The topological polar surface area (TPSA) is 55.6 Å². The molecule has 5 nitrogen and oxygen atoms in total. The highest BCUT2D eigenvalue weighted by atomic mass is 32.1. The van der Waals surface area contributed by atoms with Crippen molar-refractivity contribution in [2.75, 3.05) is 6.54 Å². The Balaban J connectivity index is 2.12. The van der Waals surface area contributed by atoms with Gasteiger partial charge in [0.2, 0.25) is 5.13 Å². The van der Waals surface area contributed by atoms with Gasteiger partial charge in [0.25, 0.3) is 0 Å². The van der Waals surface area contributed by atoms with Gasteiger partial charge in [-0.2, -0.15) is 5.10 Å². The quantitative estimate of drug-likeness (QED) is 0.889. The molecule has 0 radical (unpaired) electrons. The molecule has 0 aromatic carbocycles. The Hall–Kier alpha value is -1.27. The first-order chi connectivity index (χ1) is 9.52. The molecule has 2 heterocycles. The van der Waals surface area contributed by atoms with Crippen LogP contribution in [0.25, 0.3) is 5.13 Å². The smallest absolute Gasteiger partial charge is 0.233 e. The lowest BCUT2D eigenvalue weighted by molar-refractivity contribution is 0.550. The van der Waals surface area contributed by atoms with E-state index in [1.807, 2.05) is 4.68 Å². The van der Waals surface area contributed by atoms with E-state index in [0.29, 0.717) is 5.92 Å². The van der Waals surface area contributed by atoms with E-state index in [1.165, 1.54) is 11.3 Å². The number of aryl methyl sites for hydroxylation is 1. The van der Waals surface area contributed by atoms with Gasteiger partial charge < -0.3 is 5.32 Å². The average Bonchev–Trinajstić information content (AvgIpc) is 2.94. The minimum Gasteiger partial charge on any atom is -0.310 e. The van der Waals surface area contributed by atoms with Gasteiger partial charge in [-0.05, 0) is 38.3 Å². The fraction of sp³-hybridized carbons (Fsp3) is 0.643.